The third-order valence-electron chi connectivity index (χ3n) is 3.58. The molecular weight excluding hydrogens is 232 g/mol. The van der Waals surface area contributed by atoms with Gasteiger partial charge in [0, 0.05) is 25.6 Å². The number of hydrogen-bond donors (Lipinski definition) is 1. The molecule has 0 radical (unpaired) electrons. The molecular formula is C13H22N2O3. The van der Waals surface area contributed by atoms with Gasteiger partial charge in [0.15, 0.2) is 0 Å². The van der Waals surface area contributed by atoms with Gasteiger partial charge in [0.05, 0.1) is 6.04 Å². The fourth-order valence-electron chi connectivity index (χ4n) is 2.27. The first-order valence-corrected chi connectivity index (χ1v) is 6.30. The summed E-state index contributed by atoms with van der Waals surface area (Å²) in [4.78, 5) is 26.8. The molecule has 0 aromatic heterocycles. The van der Waals surface area contributed by atoms with Crippen molar-refractivity contribution in [3.63, 3.8) is 0 Å². The van der Waals surface area contributed by atoms with Crippen molar-refractivity contribution in [2.75, 3.05) is 20.1 Å². The molecule has 2 atom stereocenters. The van der Waals surface area contributed by atoms with Crippen LogP contribution < -0.4 is 0 Å². The Bertz CT molecular complexity index is 330. The average Bonchev–Trinajstić information content (AvgIpc) is 2.41. The summed E-state index contributed by atoms with van der Waals surface area (Å²) in [5.74, 6) is -0.841. The van der Waals surface area contributed by atoms with E-state index in [2.05, 4.69) is 13.5 Å². The van der Waals surface area contributed by atoms with E-state index in [0.29, 0.717) is 19.5 Å². The Labute approximate surface area is 108 Å². The fraction of sp³-hybridized carbons (Fsp3) is 0.692. The highest BCUT2D eigenvalue weighted by atomic mass is 16.4. The molecule has 0 aromatic carbocycles. The topological polar surface area (TPSA) is 60.9 Å². The van der Waals surface area contributed by atoms with E-state index < -0.39 is 5.97 Å². The Balaban J connectivity index is 2.81. The predicted octanol–water partition coefficient (Wildman–Crippen LogP) is 0.958. The van der Waals surface area contributed by atoms with Crippen LogP contribution in [-0.4, -0.2) is 59.0 Å². The summed E-state index contributed by atoms with van der Waals surface area (Å²) in [5, 5.41) is 8.76. The van der Waals surface area contributed by atoms with Crippen LogP contribution in [0.2, 0.25) is 0 Å². The zero-order valence-electron chi connectivity index (χ0n) is 11.1. The summed E-state index contributed by atoms with van der Waals surface area (Å²) in [5.41, 5.74) is 0. The maximum Gasteiger partial charge on any atom is 0.303 e. The third-order valence-corrected chi connectivity index (χ3v) is 3.58. The van der Waals surface area contributed by atoms with Crippen LogP contribution in [-0.2, 0) is 9.59 Å². The molecule has 0 aliphatic carbocycles. The number of aliphatic carboxylic acids is 1. The molecule has 0 bridgehead atoms. The first-order chi connectivity index (χ1) is 8.47. The Morgan fingerprint density at radius 3 is 2.83 bits per heavy atom. The Morgan fingerprint density at radius 2 is 2.28 bits per heavy atom. The Hall–Kier alpha value is -1.36. The van der Waals surface area contributed by atoms with Gasteiger partial charge in [0.25, 0.3) is 0 Å². The quantitative estimate of drug-likeness (QED) is 0.742. The van der Waals surface area contributed by atoms with Gasteiger partial charge in [0.2, 0.25) is 5.91 Å². The standard InChI is InChI=1S/C13H22N2O3/c1-4-8-15-9-7-10(2)14(3)11(13(15)18)5-6-12(16)17/h4,10-11H,1,5-9H2,2-3H3,(H,16,17). The van der Waals surface area contributed by atoms with E-state index in [4.69, 9.17) is 5.11 Å². The number of carbonyl (C=O) groups is 2. The first-order valence-electron chi connectivity index (χ1n) is 6.30. The van der Waals surface area contributed by atoms with Crippen molar-refractivity contribution in [1.29, 1.82) is 0 Å². The Morgan fingerprint density at radius 1 is 1.61 bits per heavy atom. The molecule has 5 heteroatoms. The highest BCUT2D eigenvalue weighted by Gasteiger charge is 2.33. The van der Waals surface area contributed by atoms with Crippen LogP contribution >= 0.6 is 0 Å². The van der Waals surface area contributed by atoms with E-state index in [1.54, 1.807) is 11.0 Å². The zero-order valence-corrected chi connectivity index (χ0v) is 11.1. The summed E-state index contributed by atoms with van der Waals surface area (Å²) in [7, 11) is 1.90. The van der Waals surface area contributed by atoms with Crippen molar-refractivity contribution < 1.29 is 14.7 Å². The number of carbonyl (C=O) groups excluding carboxylic acids is 1. The van der Waals surface area contributed by atoms with E-state index >= 15 is 0 Å². The zero-order chi connectivity index (χ0) is 13.7. The summed E-state index contributed by atoms with van der Waals surface area (Å²) in [6.07, 6.45) is 3.00. The molecule has 1 saturated heterocycles. The lowest BCUT2D eigenvalue weighted by Crippen LogP contribution is -2.46. The van der Waals surface area contributed by atoms with Gasteiger partial charge in [-0.25, -0.2) is 0 Å². The van der Waals surface area contributed by atoms with Gasteiger partial charge in [-0.3, -0.25) is 14.5 Å². The molecule has 1 N–H and O–H groups in total. The van der Waals surface area contributed by atoms with E-state index in [1.165, 1.54) is 0 Å². The summed E-state index contributed by atoms with van der Waals surface area (Å²) in [6, 6.07) is -0.0545. The minimum absolute atomic E-state index is 0.0167. The lowest BCUT2D eigenvalue weighted by Gasteiger charge is -2.30. The molecule has 1 aliphatic heterocycles. The van der Waals surface area contributed by atoms with Crippen LogP contribution in [0.5, 0.6) is 0 Å². The first kappa shape index (κ1) is 14.7. The molecule has 18 heavy (non-hydrogen) atoms. The average molecular weight is 254 g/mol. The van der Waals surface area contributed by atoms with Gasteiger partial charge in [-0.2, -0.15) is 0 Å². The van der Waals surface area contributed by atoms with Gasteiger partial charge in [-0.1, -0.05) is 6.08 Å². The second kappa shape index (κ2) is 6.54. The Kier molecular flexibility index (Phi) is 5.34. The predicted molar refractivity (Wildman–Crippen MR) is 69.3 cm³/mol. The van der Waals surface area contributed by atoms with Crippen molar-refractivity contribution in [2.24, 2.45) is 0 Å². The SMILES string of the molecule is C=CCN1CCC(C)N(C)C(CCC(=O)O)C1=O. The lowest BCUT2D eigenvalue weighted by atomic mass is 10.1. The number of nitrogens with zero attached hydrogens (tertiary/aromatic N) is 2. The van der Waals surface area contributed by atoms with Gasteiger partial charge in [-0.15, -0.1) is 6.58 Å². The van der Waals surface area contributed by atoms with Crippen molar-refractivity contribution in [2.45, 2.75) is 38.3 Å². The normalized spacial score (nSPS) is 25.9. The molecule has 102 valence electrons. The number of rotatable bonds is 5. The van der Waals surface area contributed by atoms with Crippen LogP contribution in [0.25, 0.3) is 0 Å². The number of carboxylic acids is 1. The summed E-state index contributed by atoms with van der Waals surface area (Å²) >= 11 is 0. The van der Waals surface area contributed by atoms with Gasteiger partial charge in [0.1, 0.15) is 0 Å². The molecule has 1 aliphatic rings. The minimum Gasteiger partial charge on any atom is -0.481 e. The highest BCUT2D eigenvalue weighted by Crippen LogP contribution is 2.19. The monoisotopic (exact) mass is 254 g/mol. The van der Waals surface area contributed by atoms with Crippen molar-refractivity contribution in [3.8, 4) is 0 Å². The number of carboxylic acid groups (broad SMARTS) is 1. The molecule has 0 aromatic rings. The fourth-order valence-corrected chi connectivity index (χ4v) is 2.27. The van der Waals surface area contributed by atoms with Crippen LogP contribution in [0, 0.1) is 0 Å². The van der Waals surface area contributed by atoms with Crippen molar-refractivity contribution >= 4 is 11.9 Å². The van der Waals surface area contributed by atoms with Crippen LogP contribution in [0.1, 0.15) is 26.2 Å². The summed E-state index contributed by atoms with van der Waals surface area (Å²) in [6.45, 7) is 6.96. The minimum atomic E-state index is -0.858. The number of hydrogen-bond acceptors (Lipinski definition) is 3. The molecule has 1 fully saturated rings. The molecule has 1 rings (SSSR count). The van der Waals surface area contributed by atoms with E-state index in [1.807, 2.05) is 11.9 Å². The number of likely N-dealkylation sites (N-methyl/N-ethyl adjacent to an activating group) is 1. The second-order valence-electron chi connectivity index (χ2n) is 4.82. The van der Waals surface area contributed by atoms with E-state index in [0.717, 1.165) is 6.42 Å². The number of amides is 1. The molecule has 0 saturated carbocycles. The van der Waals surface area contributed by atoms with Crippen LogP contribution in [0.4, 0.5) is 0 Å². The van der Waals surface area contributed by atoms with Crippen LogP contribution in [0.15, 0.2) is 12.7 Å². The van der Waals surface area contributed by atoms with E-state index in [-0.39, 0.29) is 24.4 Å². The van der Waals surface area contributed by atoms with Crippen molar-refractivity contribution in [1.82, 2.24) is 9.80 Å². The maximum atomic E-state index is 12.3. The molecule has 0 spiro atoms. The second-order valence-corrected chi connectivity index (χ2v) is 4.82. The van der Waals surface area contributed by atoms with Gasteiger partial charge < -0.3 is 10.0 Å². The largest absolute Gasteiger partial charge is 0.481 e. The summed E-state index contributed by atoms with van der Waals surface area (Å²) < 4.78 is 0. The highest BCUT2D eigenvalue weighted by molar-refractivity contribution is 5.83. The lowest BCUT2D eigenvalue weighted by molar-refractivity contribution is -0.138. The molecule has 2 unspecified atom stereocenters. The molecule has 1 heterocycles. The van der Waals surface area contributed by atoms with E-state index in [9.17, 15) is 9.59 Å². The smallest absolute Gasteiger partial charge is 0.303 e. The maximum absolute atomic E-state index is 12.3. The van der Waals surface area contributed by atoms with Crippen molar-refractivity contribution in [3.05, 3.63) is 12.7 Å². The third kappa shape index (κ3) is 3.57. The molecule has 1 amide bonds. The molecule has 5 nitrogen and oxygen atoms in total. The van der Waals surface area contributed by atoms with Gasteiger partial charge in [-0.05, 0) is 26.8 Å². The van der Waals surface area contributed by atoms with Gasteiger partial charge >= 0.3 is 5.97 Å². The van der Waals surface area contributed by atoms with Crippen LogP contribution in [0.3, 0.4) is 0 Å².